The monoisotopic (exact) mass is 391 g/mol. The molecule has 1 atom stereocenters. The van der Waals surface area contributed by atoms with E-state index in [-0.39, 0.29) is 12.5 Å². The minimum absolute atomic E-state index is 0.259. The molecule has 30 heavy (non-hydrogen) atoms. The fourth-order valence-corrected chi connectivity index (χ4v) is 3.43. The summed E-state index contributed by atoms with van der Waals surface area (Å²) in [4.78, 5) is 16.7. The summed E-state index contributed by atoms with van der Waals surface area (Å²) in [6.07, 6.45) is 9.28. The van der Waals surface area contributed by atoms with Crippen molar-refractivity contribution < 1.29 is 0 Å². The largest absolute Gasteiger partial charge is 0.346 e. The van der Waals surface area contributed by atoms with Crippen molar-refractivity contribution in [1.29, 1.82) is 5.26 Å². The zero-order chi connectivity index (χ0) is 20.3. The van der Waals surface area contributed by atoms with E-state index in [1.54, 1.807) is 17.1 Å². The molecule has 0 bridgehead atoms. The van der Waals surface area contributed by atoms with Gasteiger partial charge in [-0.15, -0.1) is 0 Å². The van der Waals surface area contributed by atoms with Gasteiger partial charge in [0.2, 0.25) is 0 Å². The molecule has 5 aromatic rings. The topological polar surface area (TPSA) is 96.1 Å². The van der Waals surface area contributed by atoms with Crippen molar-refractivity contribution >= 4 is 11.0 Å². The first-order valence-electron chi connectivity index (χ1n) is 9.55. The maximum atomic E-state index is 9.36. The van der Waals surface area contributed by atoms with Gasteiger partial charge in [0.25, 0.3) is 0 Å². The van der Waals surface area contributed by atoms with Gasteiger partial charge >= 0.3 is 0 Å². The van der Waals surface area contributed by atoms with E-state index in [4.69, 9.17) is 0 Å². The number of benzene rings is 1. The van der Waals surface area contributed by atoms with Gasteiger partial charge in [-0.2, -0.15) is 10.4 Å². The van der Waals surface area contributed by atoms with Gasteiger partial charge in [0.05, 0.1) is 29.9 Å². The highest BCUT2D eigenvalue weighted by Crippen LogP contribution is 2.25. The van der Waals surface area contributed by atoms with E-state index in [1.165, 1.54) is 0 Å². The summed E-state index contributed by atoms with van der Waals surface area (Å²) in [6, 6.07) is 17.9. The third-order valence-electron chi connectivity index (χ3n) is 5.00. The second kappa shape index (κ2) is 7.60. The van der Waals surface area contributed by atoms with Crippen molar-refractivity contribution in [2.24, 2.45) is 0 Å². The summed E-state index contributed by atoms with van der Waals surface area (Å²) in [5.41, 5.74) is 4.48. The Morgan fingerprint density at radius 1 is 0.933 bits per heavy atom. The van der Waals surface area contributed by atoms with Crippen molar-refractivity contribution in [2.45, 2.75) is 12.5 Å². The van der Waals surface area contributed by atoms with Gasteiger partial charge in [-0.1, -0.05) is 36.4 Å². The van der Waals surface area contributed by atoms with Crippen LogP contribution in [-0.2, 0) is 0 Å². The Labute approximate surface area is 172 Å². The summed E-state index contributed by atoms with van der Waals surface area (Å²) in [6.45, 7) is 0. The minimum Gasteiger partial charge on any atom is -0.346 e. The van der Waals surface area contributed by atoms with Crippen molar-refractivity contribution in [2.75, 3.05) is 0 Å². The summed E-state index contributed by atoms with van der Waals surface area (Å²) >= 11 is 0. The highest BCUT2D eigenvalue weighted by Gasteiger charge is 2.18. The van der Waals surface area contributed by atoms with Crippen LogP contribution in [0.25, 0.3) is 33.5 Å². The second-order valence-corrected chi connectivity index (χ2v) is 6.90. The fraction of sp³-hybridized carbons (Fsp3) is 0.0870. The molecule has 0 saturated carbocycles. The van der Waals surface area contributed by atoms with E-state index in [0.717, 1.165) is 33.4 Å². The number of nitriles is 1. The van der Waals surface area contributed by atoms with Crippen LogP contribution in [0.5, 0.6) is 0 Å². The van der Waals surface area contributed by atoms with Crippen LogP contribution in [0.4, 0.5) is 0 Å². The van der Waals surface area contributed by atoms with Gasteiger partial charge in [-0.05, 0) is 17.7 Å². The first-order chi connectivity index (χ1) is 14.8. The quantitative estimate of drug-likeness (QED) is 0.479. The third kappa shape index (κ3) is 3.31. The molecule has 0 spiro atoms. The molecule has 4 aromatic heterocycles. The summed E-state index contributed by atoms with van der Waals surface area (Å²) < 4.78 is 1.76. The van der Waals surface area contributed by atoms with Crippen LogP contribution in [-0.4, -0.2) is 29.7 Å². The molecule has 1 N–H and O–H groups in total. The molecule has 144 valence electrons. The Bertz CT molecular complexity index is 1330. The normalized spacial score (nSPS) is 12.0. The second-order valence-electron chi connectivity index (χ2n) is 6.90. The van der Waals surface area contributed by atoms with E-state index in [9.17, 15) is 5.26 Å². The molecule has 0 aliphatic carbocycles. The Kier molecular flexibility index (Phi) is 4.50. The van der Waals surface area contributed by atoms with Crippen molar-refractivity contribution in [1.82, 2.24) is 29.7 Å². The minimum atomic E-state index is -0.289. The van der Waals surface area contributed by atoms with E-state index in [0.29, 0.717) is 5.82 Å². The lowest BCUT2D eigenvalue weighted by molar-refractivity contribution is 0.520. The summed E-state index contributed by atoms with van der Waals surface area (Å²) in [5.74, 6) is 0.583. The zero-order valence-corrected chi connectivity index (χ0v) is 16.0. The van der Waals surface area contributed by atoms with Crippen LogP contribution in [0.2, 0.25) is 0 Å². The number of aromatic nitrogens is 6. The van der Waals surface area contributed by atoms with Gasteiger partial charge in [0.15, 0.2) is 5.82 Å². The molecular formula is C23H17N7. The zero-order valence-electron chi connectivity index (χ0n) is 16.0. The predicted octanol–water partition coefficient (Wildman–Crippen LogP) is 4.39. The molecule has 1 unspecified atom stereocenters. The fourth-order valence-electron chi connectivity index (χ4n) is 3.43. The Morgan fingerprint density at radius 3 is 2.63 bits per heavy atom. The Hall–Kier alpha value is -4.31. The molecule has 0 aliphatic rings. The molecule has 4 heterocycles. The van der Waals surface area contributed by atoms with Gasteiger partial charge in [0, 0.05) is 35.7 Å². The maximum absolute atomic E-state index is 9.36. The molecule has 1 aromatic carbocycles. The van der Waals surface area contributed by atoms with Crippen LogP contribution < -0.4 is 0 Å². The Balaban J connectivity index is 1.45. The van der Waals surface area contributed by atoms with Gasteiger partial charge in [-0.25, -0.2) is 9.97 Å². The number of hydrogen-bond donors (Lipinski definition) is 1. The molecule has 0 radical (unpaired) electrons. The van der Waals surface area contributed by atoms with Crippen molar-refractivity contribution in [3.8, 4) is 28.6 Å². The number of nitrogens with one attached hydrogen (secondary N) is 1. The number of hydrogen-bond acceptors (Lipinski definition) is 5. The summed E-state index contributed by atoms with van der Waals surface area (Å²) in [5, 5.41) is 14.8. The standard InChI is InChI=1S/C23H17N7/c24-10-8-21(20-7-6-17(12-26-20)16-4-2-1-3-5-16)30-15-19(14-28-30)23-27-13-18-9-11-25-22(18)29-23/h1-7,9,11-15,21H,8H2,(H,25,27,29). The van der Waals surface area contributed by atoms with E-state index >= 15 is 0 Å². The number of rotatable bonds is 5. The number of H-pyrrole nitrogens is 1. The average molecular weight is 391 g/mol. The molecule has 7 nitrogen and oxygen atoms in total. The van der Waals surface area contributed by atoms with Gasteiger partial charge in [0.1, 0.15) is 11.7 Å². The molecule has 0 fully saturated rings. The van der Waals surface area contributed by atoms with E-state index in [1.807, 2.05) is 67.1 Å². The van der Waals surface area contributed by atoms with Crippen LogP contribution >= 0.6 is 0 Å². The van der Waals surface area contributed by atoms with Crippen LogP contribution in [0, 0.1) is 11.3 Å². The molecule has 0 amide bonds. The van der Waals surface area contributed by atoms with Gasteiger partial charge in [-0.3, -0.25) is 9.67 Å². The molecular weight excluding hydrogens is 374 g/mol. The predicted molar refractivity (Wildman–Crippen MR) is 113 cm³/mol. The highest BCUT2D eigenvalue weighted by atomic mass is 15.3. The molecule has 0 saturated heterocycles. The molecule has 5 rings (SSSR count). The third-order valence-corrected chi connectivity index (χ3v) is 5.00. The number of aromatic amines is 1. The average Bonchev–Trinajstić information content (AvgIpc) is 3.47. The first-order valence-corrected chi connectivity index (χ1v) is 9.55. The first kappa shape index (κ1) is 17.8. The smallest absolute Gasteiger partial charge is 0.164 e. The van der Waals surface area contributed by atoms with Gasteiger partial charge < -0.3 is 4.98 Å². The van der Waals surface area contributed by atoms with Crippen LogP contribution in [0.3, 0.4) is 0 Å². The number of fused-ring (bicyclic) bond motifs is 1. The van der Waals surface area contributed by atoms with Crippen LogP contribution in [0.1, 0.15) is 18.2 Å². The number of nitrogens with zero attached hydrogens (tertiary/aromatic N) is 6. The van der Waals surface area contributed by atoms with Crippen molar-refractivity contribution in [3.63, 3.8) is 0 Å². The SMILES string of the molecule is N#CCC(c1ccc(-c2ccccc2)cn1)n1cc(-c2ncc3cc[nH]c3n2)cn1. The summed E-state index contributed by atoms with van der Waals surface area (Å²) in [7, 11) is 0. The van der Waals surface area contributed by atoms with E-state index in [2.05, 4.69) is 31.1 Å². The van der Waals surface area contributed by atoms with E-state index < -0.39 is 0 Å². The molecule has 0 aliphatic heterocycles. The highest BCUT2D eigenvalue weighted by molar-refractivity contribution is 5.76. The maximum Gasteiger partial charge on any atom is 0.164 e. The molecule has 7 heteroatoms. The van der Waals surface area contributed by atoms with Crippen LogP contribution in [0.15, 0.2) is 79.5 Å². The van der Waals surface area contributed by atoms with Crippen molar-refractivity contribution in [3.05, 3.63) is 85.2 Å². The Morgan fingerprint density at radius 2 is 1.83 bits per heavy atom. The lowest BCUT2D eigenvalue weighted by atomic mass is 10.1. The number of pyridine rings is 1. The lowest BCUT2D eigenvalue weighted by Crippen LogP contribution is -2.12. The lowest BCUT2D eigenvalue weighted by Gasteiger charge is -2.14.